The van der Waals surface area contributed by atoms with E-state index in [1.54, 1.807) is 0 Å². The Morgan fingerprint density at radius 2 is 0.391 bits per heavy atom. The second-order valence-corrected chi connectivity index (χ2v) is 23.1. The maximum atomic E-state index is 15.8. The predicted molar refractivity (Wildman–Crippen MR) is 356 cm³/mol. The third-order valence-corrected chi connectivity index (χ3v) is 17.9. The molecular weight excluding hydrogens is 1150 g/mol. The van der Waals surface area contributed by atoms with Crippen LogP contribution in [0.1, 0.15) is 52.6 Å². The van der Waals surface area contributed by atoms with E-state index in [9.17, 15) is 0 Å². The zero-order valence-electron chi connectivity index (χ0n) is 49.2. The molecule has 0 saturated heterocycles. The number of amides is 4. The molecule has 0 aromatic heterocycles. The molecule has 0 unspecified atom stereocenters. The fourth-order valence-electron chi connectivity index (χ4n) is 13.9. The number of aryl methyl sites for hydroxylation is 2. The lowest BCUT2D eigenvalue weighted by atomic mass is 9.99. The number of fused-ring (bicyclic) bond motifs is 10. The second kappa shape index (κ2) is 19.9. The molecule has 6 aliphatic heterocycles. The van der Waals surface area contributed by atoms with E-state index >= 15 is 19.2 Å². The largest absolute Gasteiger partial charge is 0.453 e. The normalized spacial score (nSPS) is 14.3. The number of ether oxygens (including phenoxy) is 4. The summed E-state index contributed by atoms with van der Waals surface area (Å²) in [5.41, 5.74) is 12.3. The molecule has 0 aliphatic carbocycles. The minimum atomic E-state index is -0.495. The van der Waals surface area contributed by atoms with Crippen LogP contribution in [0.4, 0.5) is 79.6 Å². The number of anilines is 14. The van der Waals surface area contributed by atoms with Crippen LogP contribution in [0.2, 0.25) is 0 Å². The Labute approximate surface area is 527 Å². The Morgan fingerprint density at radius 3 is 0.587 bits per heavy atom. The van der Waals surface area contributed by atoms with E-state index in [0.29, 0.717) is 137 Å². The van der Waals surface area contributed by atoms with Gasteiger partial charge in [-0.1, -0.05) is 109 Å². The van der Waals surface area contributed by atoms with Gasteiger partial charge in [0.1, 0.15) is 0 Å². The SMILES string of the molecule is Cc1cc(-c2ccc(N3C(=O)c4c(N5c6ccccc6Oc6ccccc65)ccc(N5c6ccccc6Oc6ccccc65)c4C3=O)c(C)c2)ccc1N1C(=O)c2c(N3c4ccccc4Oc4ccccc43)ccc(N3c4ccccc4Oc4ccccc43)c2C1=O. The van der Waals surface area contributed by atoms with E-state index in [1.807, 2.05) is 288 Å². The summed E-state index contributed by atoms with van der Waals surface area (Å²) >= 11 is 0. The summed E-state index contributed by atoms with van der Waals surface area (Å²) in [5, 5.41) is 0. The Morgan fingerprint density at radius 1 is 0.207 bits per heavy atom. The smallest absolute Gasteiger partial charge is 0.268 e. The zero-order valence-corrected chi connectivity index (χ0v) is 49.2. The minimum Gasteiger partial charge on any atom is -0.453 e. The number of nitrogens with zero attached hydrogens (tertiary/aromatic N) is 6. The Bertz CT molecular complexity index is 4500. The van der Waals surface area contributed by atoms with Crippen LogP contribution in [0.3, 0.4) is 0 Å². The molecule has 0 N–H and O–H groups in total. The van der Waals surface area contributed by atoms with Crippen LogP contribution in [0, 0.1) is 13.8 Å². The van der Waals surface area contributed by atoms with Crippen LogP contribution in [0.15, 0.2) is 255 Å². The summed E-state index contributed by atoms with van der Waals surface area (Å²) < 4.78 is 25.7. The first kappa shape index (κ1) is 52.4. The summed E-state index contributed by atoms with van der Waals surface area (Å²) in [6, 6.07) is 80.2. The van der Waals surface area contributed by atoms with Gasteiger partial charge in [0.2, 0.25) is 0 Å². The third kappa shape index (κ3) is 7.61. The third-order valence-electron chi connectivity index (χ3n) is 17.9. The number of carbonyl (C=O) groups excluding carboxylic acids is 4. The molecule has 4 amide bonds. The second-order valence-electron chi connectivity index (χ2n) is 23.1. The van der Waals surface area contributed by atoms with Crippen molar-refractivity contribution < 1.29 is 38.1 Å². The van der Waals surface area contributed by atoms with Gasteiger partial charge in [-0.05, 0) is 182 Å². The molecule has 14 nitrogen and oxygen atoms in total. The van der Waals surface area contributed by atoms with E-state index in [0.717, 1.165) is 11.1 Å². The summed E-state index contributed by atoms with van der Waals surface area (Å²) in [4.78, 5) is 73.9. The van der Waals surface area contributed by atoms with Crippen LogP contribution < -0.4 is 48.3 Å². The lowest BCUT2D eigenvalue weighted by molar-refractivity contribution is 0.0910. The highest BCUT2D eigenvalue weighted by molar-refractivity contribution is 6.40. The first-order valence-corrected chi connectivity index (χ1v) is 30.1. The van der Waals surface area contributed by atoms with Gasteiger partial charge in [-0.3, -0.25) is 19.2 Å². The quantitative estimate of drug-likeness (QED) is 0.141. The molecule has 6 heterocycles. The molecule has 14 heteroatoms. The van der Waals surface area contributed by atoms with Crippen molar-refractivity contribution in [2.75, 3.05) is 29.4 Å². The Hall–Kier alpha value is -12.7. The monoisotopic (exact) mass is 1200 g/mol. The number of para-hydroxylation sites is 16. The van der Waals surface area contributed by atoms with Gasteiger partial charge in [0.15, 0.2) is 46.0 Å². The summed E-state index contributed by atoms with van der Waals surface area (Å²) in [6.07, 6.45) is 0. The van der Waals surface area contributed by atoms with Crippen molar-refractivity contribution in [2.24, 2.45) is 0 Å². The lowest BCUT2D eigenvalue weighted by Crippen LogP contribution is -2.31. The van der Waals surface area contributed by atoms with Crippen molar-refractivity contribution in [2.45, 2.75) is 13.8 Å². The van der Waals surface area contributed by atoms with Gasteiger partial charge in [0, 0.05) is 0 Å². The van der Waals surface area contributed by atoms with Gasteiger partial charge < -0.3 is 38.5 Å². The standard InChI is InChI=1S/C78H48N6O8/c1-45-43-47(35-37-49(45)83-75(85)71-59(79-51-19-3-11-27-63(51)89-64-28-12-4-20-52(64)79)39-40-60(72(71)76(83)86)80-53-21-5-13-29-65(53)90-66-30-14-6-22-54(66)80)48-36-38-50(46(2)44-48)84-77(87)73-61(81-55-23-7-15-31-67(55)91-68-32-16-8-24-56(68)81)41-42-62(74(73)78(84)88)82-57-25-9-17-33-69(57)92-70-34-18-10-26-58(70)82/h3-44H,1-2H3. The van der Waals surface area contributed by atoms with Crippen LogP contribution >= 0.6 is 0 Å². The topological polar surface area (TPSA) is 125 Å². The molecular formula is C78H48N6O8. The van der Waals surface area contributed by atoms with E-state index in [4.69, 9.17) is 18.9 Å². The number of benzene rings is 12. The van der Waals surface area contributed by atoms with Crippen molar-refractivity contribution in [3.05, 3.63) is 288 Å². The molecule has 92 heavy (non-hydrogen) atoms. The Kier molecular flexibility index (Phi) is 11.4. The molecule has 18 rings (SSSR count). The van der Waals surface area contributed by atoms with E-state index in [-0.39, 0.29) is 22.3 Å². The highest BCUT2D eigenvalue weighted by atomic mass is 16.5. The molecule has 6 aliphatic rings. The molecule has 12 aromatic carbocycles. The van der Waals surface area contributed by atoms with Crippen molar-refractivity contribution in [3.63, 3.8) is 0 Å². The van der Waals surface area contributed by atoms with Gasteiger partial charge in [-0.25, -0.2) is 9.80 Å². The van der Waals surface area contributed by atoms with Crippen LogP contribution in [-0.2, 0) is 0 Å². The van der Waals surface area contributed by atoms with Gasteiger partial charge >= 0.3 is 0 Å². The summed E-state index contributed by atoms with van der Waals surface area (Å²) in [7, 11) is 0. The van der Waals surface area contributed by atoms with Crippen molar-refractivity contribution in [1.29, 1.82) is 0 Å². The fourth-order valence-corrected chi connectivity index (χ4v) is 13.9. The minimum absolute atomic E-state index is 0.224. The molecule has 0 saturated carbocycles. The van der Waals surface area contributed by atoms with Crippen LogP contribution in [0.5, 0.6) is 46.0 Å². The average Bonchev–Trinajstić information content (AvgIpc) is 1.48. The summed E-state index contributed by atoms with van der Waals surface area (Å²) in [5.74, 6) is 2.79. The average molecular weight is 1200 g/mol. The van der Waals surface area contributed by atoms with Crippen LogP contribution in [0.25, 0.3) is 11.1 Å². The number of hydrogen-bond acceptors (Lipinski definition) is 12. The maximum absolute atomic E-state index is 15.8. The lowest BCUT2D eigenvalue weighted by Gasteiger charge is -2.35. The number of rotatable bonds is 7. The number of hydrogen-bond donors (Lipinski definition) is 0. The van der Waals surface area contributed by atoms with Gasteiger partial charge in [0.05, 0.1) is 102 Å². The number of carbonyl (C=O) groups is 4. The van der Waals surface area contributed by atoms with Crippen molar-refractivity contribution in [1.82, 2.24) is 0 Å². The molecule has 0 bridgehead atoms. The van der Waals surface area contributed by atoms with Gasteiger partial charge in [-0.15, -0.1) is 0 Å². The first-order chi connectivity index (χ1) is 45.2. The van der Waals surface area contributed by atoms with E-state index in [1.165, 1.54) is 9.80 Å². The predicted octanol–water partition coefficient (Wildman–Crippen LogP) is 19.9. The molecule has 0 spiro atoms. The van der Waals surface area contributed by atoms with Crippen molar-refractivity contribution in [3.8, 4) is 57.1 Å². The zero-order chi connectivity index (χ0) is 61.6. The number of imide groups is 2. The Balaban J connectivity index is 0.738. The molecule has 438 valence electrons. The van der Waals surface area contributed by atoms with E-state index in [2.05, 4.69) is 0 Å². The van der Waals surface area contributed by atoms with Gasteiger partial charge in [0.25, 0.3) is 23.6 Å². The highest BCUT2D eigenvalue weighted by Crippen LogP contribution is 2.59. The fraction of sp³-hybridized carbons (Fsp3) is 0.0256. The summed E-state index contributed by atoms with van der Waals surface area (Å²) in [6.45, 7) is 3.78. The first-order valence-electron chi connectivity index (χ1n) is 30.1. The molecule has 0 fully saturated rings. The van der Waals surface area contributed by atoms with Gasteiger partial charge in [-0.2, -0.15) is 0 Å². The van der Waals surface area contributed by atoms with Crippen molar-refractivity contribution >= 4 is 103 Å². The van der Waals surface area contributed by atoms with Crippen LogP contribution in [-0.4, -0.2) is 23.6 Å². The highest BCUT2D eigenvalue weighted by Gasteiger charge is 2.48. The molecule has 0 radical (unpaired) electrons. The molecule has 0 atom stereocenters. The maximum Gasteiger partial charge on any atom is 0.268 e. The van der Waals surface area contributed by atoms with E-state index < -0.39 is 23.6 Å². The molecule has 12 aromatic rings.